The first-order valence-corrected chi connectivity index (χ1v) is 50.9. The lowest BCUT2D eigenvalue weighted by Gasteiger charge is -2.39. The van der Waals surface area contributed by atoms with E-state index >= 15 is 0 Å². The van der Waals surface area contributed by atoms with Gasteiger partial charge < -0.3 is 66.2 Å². The van der Waals surface area contributed by atoms with Crippen molar-refractivity contribution < 1.29 is 95.9 Å². The van der Waals surface area contributed by atoms with Gasteiger partial charge in [-0.1, -0.05) is 154 Å². The van der Waals surface area contributed by atoms with Crippen LogP contribution in [-0.4, -0.2) is 229 Å². The van der Waals surface area contributed by atoms with E-state index in [0.29, 0.717) is 135 Å². The Balaban J connectivity index is 0.000000198. The molecule has 17 atom stereocenters. The first-order chi connectivity index (χ1) is 66.3. The summed E-state index contributed by atoms with van der Waals surface area (Å²) < 4.78 is 18.1. The van der Waals surface area contributed by atoms with Crippen molar-refractivity contribution in [2.24, 2.45) is 41.4 Å². The van der Waals surface area contributed by atoms with Crippen LogP contribution in [0.25, 0.3) is 32.7 Å². The monoisotopic (exact) mass is 1910 g/mol. The molecule has 0 bridgehead atoms. The smallest absolute Gasteiger partial charge is 0.246 e. The number of carbonyl (C=O) groups is 15. The maximum atomic E-state index is 14.1. The van der Waals surface area contributed by atoms with Crippen LogP contribution in [0.4, 0.5) is 4.39 Å². The van der Waals surface area contributed by atoms with E-state index in [2.05, 4.69) is 31.9 Å². The Kier molecular flexibility index (Phi) is 40.1. The predicted molar refractivity (Wildman–Crippen MR) is 521 cm³/mol. The fourth-order valence-electron chi connectivity index (χ4n) is 20.4. The van der Waals surface area contributed by atoms with Crippen molar-refractivity contribution in [2.75, 3.05) is 41.0 Å². The molecule has 9 heterocycles. The Hall–Kier alpha value is -11.2. The molecule has 0 spiro atoms. The van der Waals surface area contributed by atoms with Gasteiger partial charge in [-0.25, -0.2) is 4.39 Å². The third kappa shape index (κ3) is 27.9. The van der Waals surface area contributed by atoms with Gasteiger partial charge in [0.1, 0.15) is 69.5 Å². The van der Waals surface area contributed by atoms with Gasteiger partial charge in [-0.05, 0) is 176 Å². The van der Waals surface area contributed by atoms with E-state index in [-0.39, 0.29) is 128 Å². The minimum absolute atomic E-state index is 0.0204. The fraction of sp³-hybridized carbons (Fsp3) is 0.632. The van der Waals surface area contributed by atoms with Crippen LogP contribution in [0, 0.1) is 41.4 Å². The number of alkyl halides is 1. The predicted octanol–water partition coefficient (Wildman–Crippen LogP) is 11.4. The summed E-state index contributed by atoms with van der Waals surface area (Å²) in [5.41, 5.74) is 4.87. The van der Waals surface area contributed by atoms with E-state index < -0.39 is 114 Å². The Bertz CT molecular complexity index is 4760. The first-order valence-electron chi connectivity index (χ1n) is 50.9. The number of benzene rings is 3. The number of unbranched alkanes of at least 4 members (excludes halogenated alkanes) is 6. The number of carbonyl (C=O) groups excluding carboxylic acids is 15. The molecule has 7 N–H and O–H groups in total. The highest BCUT2D eigenvalue weighted by Crippen LogP contribution is 2.36. The van der Waals surface area contributed by atoms with E-state index in [9.17, 15) is 81.4 Å². The van der Waals surface area contributed by atoms with E-state index in [4.69, 9.17) is 14.5 Å². The highest BCUT2D eigenvalue weighted by molar-refractivity contribution is 6.02. The number of amides is 9. The molecule has 5 unspecified atom stereocenters. The molecule has 0 radical (unpaired) electrons. The van der Waals surface area contributed by atoms with Crippen molar-refractivity contribution in [3.8, 4) is 0 Å². The third-order valence-corrected chi connectivity index (χ3v) is 29.7. The summed E-state index contributed by atoms with van der Waals surface area (Å²) in [6, 6.07) is 15.6. The van der Waals surface area contributed by atoms with Crippen molar-refractivity contribution in [1.82, 2.24) is 60.8 Å². The largest absolute Gasteiger partial charge is 0.417 e. The second kappa shape index (κ2) is 51.6. The van der Waals surface area contributed by atoms with E-state index in [1.54, 1.807) is 62.6 Å². The van der Waals surface area contributed by atoms with Gasteiger partial charge in [-0.2, -0.15) is 14.2 Å². The molecule has 7 aliphatic rings. The standard InChI is InChI=1S/C36H50N4O6.C35H49FN4O6.C35H50N4O7/c1-4-23(2)33-36(45)39-19-11-10-15-30(39)32(42)21-25(12-6-5-7-16-31(41)24-17-18-24)34(43)37-28(35(44)38-33)20-26-22-40(46-3)29-14-9-8-13-27(26)29;1-5-22(2)32-35(45)39-18-12-11-16-29(39)31(42)20-24(13-7-6-8-17-30(41)23(3)36)33(43)37-27(34(44)38-32)19-25-21-40(46-4)28-15-10-9-14-26(25)28;1-5-22(2)32-35(45)38-18-12-11-16-29(38)31(42)20-24(13-7-6-8-17-30(41)23(3)40)33(43)36-27(34(44)37-32)19-25-21-39(46-4)28-15-10-9-14-26(25)28/h8-9,13-14,22-25,28,30,33H,4-7,10-12,15-21H2,1-3H3,(H,37,43)(H,38,44);9-10,14-15,21-24,27,29,32H,5-8,11-13,16-20H2,1-4H3,(H,37,43)(H,38,44);9-10,14-15,21-24,27,29,32,40H,5-8,11-13,16-20H2,1-4H3,(H,36,43)(H,37,44)/t23?,25-,28+,30-,33+;2*22?,23?,24-,27+,29-,32+/m111/s1. The number of aromatic nitrogens is 3. The number of para-hydroxylation sites is 3. The van der Waals surface area contributed by atoms with Crippen LogP contribution in [0.5, 0.6) is 0 Å². The van der Waals surface area contributed by atoms with E-state index in [0.717, 1.165) is 114 Å². The zero-order valence-corrected chi connectivity index (χ0v) is 82.8. The normalized spacial score (nSPS) is 24.6. The van der Waals surface area contributed by atoms with Crippen LogP contribution in [-0.2, 0) is 91.2 Å². The number of hydrogen-bond donors (Lipinski definition) is 7. The van der Waals surface area contributed by atoms with Crippen LogP contribution in [0.1, 0.15) is 278 Å². The molecule has 9 amide bonds. The molecule has 1 saturated carbocycles. The number of hydrogen-bond acceptors (Lipinski definition) is 19. The maximum Gasteiger partial charge on any atom is 0.246 e. The van der Waals surface area contributed by atoms with E-state index in [1.165, 1.54) is 13.8 Å². The van der Waals surface area contributed by atoms with Crippen LogP contribution < -0.4 is 46.4 Å². The number of rotatable bonds is 36. The van der Waals surface area contributed by atoms with Gasteiger partial charge in [0, 0.05) is 136 Å². The number of nitrogens with one attached hydrogen (secondary N) is 6. The summed E-state index contributed by atoms with van der Waals surface area (Å²) in [6.07, 6.45) is 21.6. The number of aliphatic hydroxyl groups excluding tert-OH is 1. The van der Waals surface area contributed by atoms with Gasteiger partial charge in [-0.3, -0.25) is 71.9 Å². The summed E-state index contributed by atoms with van der Waals surface area (Å²) in [5.74, 6) is -6.20. The lowest BCUT2D eigenvalue weighted by Crippen LogP contribution is -2.61. The first kappa shape index (κ1) is 107. The number of fused-ring (bicyclic) bond motifs is 6. The SMILES string of the molecule is CCC(C)[C@@H]1NC(=O)[C@H](Cc2cn(OC)c3ccccc23)NC(=O)[C@H](CCCCCC(=O)C(C)F)CC(=O)[C@H]2CCCCN2C1=O.CCC(C)[C@@H]1NC(=O)[C@H](Cc2cn(OC)c3ccccc23)NC(=O)[C@H](CCCCCC(=O)C(C)O)CC(=O)[C@H]2CCCCN2C1=O.CCC(C)[C@@H]1NC(=O)[C@H](Cc2cn(OC)c3ccccc23)NC(=O)[C@H](CCCCCC(=O)C2CC2)CC(=O)[C@H]2CCCCN2C1=O. The highest BCUT2D eigenvalue weighted by Gasteiger charge is 2.46. The van der Waals surface area contributed by atoms with Crippen molar-refractivity contribution in [2.45, 2.75) is 347 Å². The zero-order valence-electron chi connectivity index (χ0n) is 82.8. The van der Waals surface area contributed by atoms with E-state index in [1.807, 2.05) is 121 Å². The average Bonchev–Trinajstić information content (AvgIpc) is 1.47. The van der Waals surface area contributed by atoms with Gasteiger partial charge in [0.2, 0.25) is 53.2 Å². The summed E-state index contributed by atoms with van der Waals surface area (Å²) in [7, 11) is 4.67. The maximum absolute atomic E-state index is 14.1. The van der Waals surface area contributed by atoms with Gasteiger partial charge in [-0.15, -0.1) is 0 Å². The lowest BCUT2D eigenvalue weighted by atomic mass is 9.87. The van der Waals surface area contributed by atoms with Crippen molar-refractivity contribution >= 4 is 121 Å². The molecule has 3 aromatic carbocycles. The molecule has 6 saturated heterocycles. The van der Waals surface area contributed by atoms with Crippen molar-refractivity contribution in [3.05, 3.63) is 108 Å². The molecule has 7 fully saturated rings. The minimum atomic E-state index is -1.50. The van der Waals surface area contributed by atoms with Crippen LogP contribution in [0.15, 0.2) is 91.4 Å². The van der Waals surface area contributed by atoms with Gasteiger partial charge in [0.15, 0.2) is 35.1 Å². The molecule has 6 aromatic rings. The minimum Gasteiger partial charge on any atom is -0.417 e. The number of aliphatic hydroxyl groups is 1. The van der Waals surface area contributed by atoms with Crippen molar-refractivity contribution in [3.63, 3.8) is 0 Å². The molecule has 13 rings (SSSR count). The second-order valence-electron chi connectivity index (χ2n) is 39.4. The number of piperidine rings is 3. The Morgan fingerprint density at radius 3 is 0.964 bits per heavy atom. The molecule has 3 aromatic heterocycles. The number of Topliss-reactive ketones (excluding diaryl/α,β-unsaturated/α-hetero) is 6. The highest BCUT2D eigenvalue weighted by atomic mass is 19.1. The summed E-state index contributed by atoms with van der Waals surface area (Å²) in [6.45, 7) is 15.7. The molecule has 754 valence electrons. The second-order valence-corrected chi connectivity index (χ2v) is 39.4. The number of ketones is 6. The summed E-state index contributed by atoms with van der Waals surface area (Å²) in [5, 5.41) is 30.0. The quantitative estimate of drug-likeness (QED) is 0.0180. The Morgan fingerprint density at radius 1 is 0.384 bits per heavy atom. The summed E-state index contributed by atoms with van der Waals surface area (Å²) >= 11 is 0. The number of nitrogens with zero attached hydrogens (tertiary/aromatic N) is 6. The zero-order chi connectivity index (χ0) is 99.6. The van der Waals surface area contributed by atoms with Crippen LogP contribution >= 0.6 is 0 Å². The topological polar surface area (TPSA) is 401 Å². The Morgan fingerprint density at radius 2 is 0.681 bits per heavy atom. The molecule has 1 aliphatic carbocycles. The van der Waals surface area contributed by atoms with Gasteiger partial charge in [0.05, 0.1) is 34.7 Å². The van der Waals surface area contributed by atoms with Crippen molar-refractivity contribution in [1.29, 1.82) is 0 Å². The van der Waals surface area contributed by atoms with Gasteiger partial charge in [0.25, 0.3) is 0 Å². The van der Waals surface area contributed by atoms with Crippen LogP contribution in [0.3, 0.4) is 0 Å². The molecule has 32 heteroatoms. The molecular formula is C106H149FN12O19. The Labute approximate surface area is 810 Å². The molecular weight excluding hydrogens is 1760 g/mol. The van der Waals surface area contributed by atoms with Crippen LogP contribution in [0.2, 0.25) is 0 Å². The molecule has 138 heavy (non-hydrogen) atoms. The molecule has 6 aliphatic heterocycles. The van der Waals surface area contributed by atoms with Gasteiger partial charge >= 0.3 is 0 Å². The summed E-state index contributed by atoms with van der Waals surface area (Å²) in [4.78, 5) is 225. The lowest BCUT2D eigenvalue weighted by molar-refractivity contribution is -0.147. The number of halogens is 1. The fourth-order valence-corrected chi connectivity index (χ4v) is 20.4. The third-order valence-electron chi connectivity index (χ3n) is 29.7. The molecule has 31 nitrogen and oxygen atoms in total. The average molecular weight is 1910 g/mol.